The average molecular weight is 403 g/mol. The summed E-state index contributed by atoms with van der Waals surface area (Å²) < 4.78 is 13.2. The van der Waals surface area contributed by atoms with E-state index >= 15 is 0 Å². The lowest BCUT2D eigenvalue weighted by Crippen LogP contribution is -2.22. The number of hydrogen-bond donors (Lipinski definition) is 3. The number of aliphatic imine (C=N–C) groups is 1. The van der Waals surface area contributed by atoms with E-state index in [0.29, 0.717) is 23.3 Å². The molecule has 8 heteroatoms. The highest BCUT2D eigenvalue weighted by atomic mass is 19.1. The second-order valence-electron chi connectivity index (χ2n) is 6.83. The van der Waals surface area contributed by atoms with Crippen LogP contribution in [0.4, 0.5) is 4.39 Å². The molecule has 2 aromatic heterocycles. The number of halogens is 1. The lowest BCUT2D eigenvalue weighted by molar-refractivity contribution is 0.0958. The van der Waals surface area contributed by atoms with Crippen LogP contribution in [-0.4, -0.2) is 28.5 Å². The number of hydrogen-bond acceptors (Lipinski definition) is 4. The number of pyridine rings is 1. The van der Waals surface area contributed by atoms with Crippen molar-refractivity contribution < 1.29 is 14.0 Å². The second kappa shape index (κ2) is 7.75. The fraction of sp³-hybridized carbons (Fsp3) is 0.0909. The molecule has 30 heavy (non-hydrogen) atoms. The number of nitrogens with one attached hydrogen (secondary N) is 3. The molecule has 0 saturated heterocycles. The van der Waals surface area contributed by atoms with E-state index in [9.17, 15) is 14.0 Å². The van der Waals surface area contributed by atoms with Gasteiger partial charge in [0.25, 0.3) is 11.8 Å². The first-order chi connectivity index (χ1) is 14.5. The molecule has 0 unspecified atom stereocenters. The van der Waals surface area contributed by atoms with Crippen LogP contribution in [0, 0.1) is 0 Å². The summed E-state index contributed by atoms with van der Waals surface area (Å²) >= 11 is 0. The van der Waals surface area contributed by atoms with Crippen molar-refractivity contribution in [2.75, 3.05) is 0 Å². The maximum Gasteiger partial charge on any atom is 0.257 e. The van der Waals surface area contributed by atoms with Gasteiger partial charge in [0, 0.05) is 41.7 Å². The van der Waals surface area contributed by atoms with E-state index in [-0.39, 0.29) is 11.6 Å². The van der Waals surface area contributed by atoms with E-state index in [1.54, 1.807) is 12.1 Å². The highest BCUT2D eigenvalue weighted by Crippen LogP contribution is 2.31. The van der Waals surface area contributed by atoms with Crippen LogP contribution in [0.5, 0.6) is 0 Å². The van der Waals surface area contributed by atoms with Crippen molar-refractivity contribution in [2.45, 2.75) is 13.5 Å². The number of carbonyl (C=O) groups is 2. The molecule has 0 saturated carbocycles. The van der Waals surface area contributed by atoms with Crippen LogP contribution >= 0.6 is 0 Å². The van der Waals surface area contributed by atoms with Crippen LogP contribution in [-0.2, 0) is 6.54 Å². The summed E-state index contributed by atoms with van der Waals surface area (Å²) in [6.07, 6.45) is 5.66. The minimum Gasteiger partial charge on any atom is -0.348 e. The van der Waals surface area contributed by atoms with Crippen LogP contribution in [0.1, 0.15) is 33.2 Å². The molecule has 0 aliphatic carbocycles. The van der Waals surface area contributed by atoms with Crippen molar-refractivity contribution >= 4 is 29.6 Å². The summed E-state index contributed by atoms with van der Waals surface area (Å²) in [7, 11) is 0. The number of aromatic nitrogens is 2. The highest BCUT2D eigenvalue weighted by molar-refractivity contribution is 6.03. The maximum atomic E-state index is 13.2. The predicted molar refractivity (Wildman–Crippen MR) is 113 cm³/mol. The Hall–Kier alpha value is -4.07. The molecule has 1 aliphatic heterocycles. The molecule has 2 amide bonds. The van der Waals surface area contributed by atoms with E-state index < -0.39 is 11.7 Å². The minimum atomic E-state index is -0.476. The van der Waals surface area contributed by atoms with Gasteiger partial charge in [-0.25, -0.2) is 9.37 Å². The number of benzene rings is 1. The monoisotopic (exact) mass is 403 g/mol. The first-order valence-electron chi connectivity index (χ1n) is 9.16. The standard InChI is InChI=1S/C22H18FN5O2/c1-12(23)5-16(10-24-2)28-21(29)15-7-18-19(11-26-20(18)25-9-15)13-3-4-17-14(6-13)8-27-22(17)30/h3-7,9-11H,2,8H2,1H3,(H,25,26)(H,27,30)(H,28,29)/b12-5+,16-10+. The van der Waals surface area contributed by atoms with Gasteiger partial charge in [-0.3, -0.25) is 14.6 Å². The first-order valence-corrected chi connectivity index (χ1v) is 9.16. The molecule has 150 valence electrons. The number of amides is 2. The fourth-order valence-corrected chi connectivity index (χ4v) is 3.39. The molecule has 3 N–H and O–H groups in total. The Morgan fingerprint density at radius 1 is 1.33 bits per heavy atom. The number of carbonyl (C=O) groups excluding carboxylic acids is 2. The van der Waals surface area contributed by atoms with E-state index in [0.717, 1.165) is 28.2 Å². The average Bonchev–Trinajstić information content (AvgIpc) is 3.30. The molecule has 4 rings (SSSR count). The quantitative estimate of drug-likeness (QED) is 0.448. The molecule has 1 aliphatic rings. The Kier molecular flexibility index (Phi) is 4.97. The number of fused-ring (bicyclic) bond motifs is 2. The molecule has 0 bridgehead atoms. The van der Waals surface area contributed by atoms with Gasteiger partial charge in [-0.05, 0) is 49.0 Å². The van der Waals surface area contributed by atoms with E-state index in [4.69, 9.17) is 0 Å². The SMILES string of the molecule is C=N/C=C(\C=C(/C)F)NC(=O)c1cnc2[nH]cc(-c3ccc4c(c3)CNC4=O)c2c1. The zero-order chi connectivity index (χ0) is 21.3. The van der Waals surface area contributed by atoms with Crippen molar-refractivity contribution in [3.63, 3.8) is 0 Å². The van der Waals surface area contributed by atoms with Gasteiger partial charge in [-0.15, -0.1) is 0 Å². The van der Waals surface area contributed by atoms with E-state index in [2.05, 4.69) is 32.3 Å². The lowest BCUT2D eigenvalue weighted by Gasteiger charge is -2.07. The maximum absolute atomic E-state index is 13.2. The number of allylic oxidation sites excluding steroid dienone is 2. The molecular formula is C22H18FN5O2. The van der Waals surface area contributed by atoms with Crippen molar-refractivity contribution in [1.82, 2.24) is 20.6 Å². The molecule has 3 aromatic rings. The van der Waals surface area contributed by atoms with Crippen LogP contribution in [0.25, 0.3) is 22.2 Å². The summed E-state index contributed by atoms with van der Waals surface area (Å²) in [5, 5.41) is 6.15. The fourth-order valence-electron chi connectivity index (χ4n) is 3.39. The highest BCUT2D eigenvalue weighted by Gasteiger charge is 2.20. The van der Waals surface area contributed by atoms with Crippen molar-refractivity contribution in [3.05, 3.63) is 77.1 Å². The van der Waals surface area contributed by atoms with Gasteiger partial charge < -0.3 is 15.6 Å². The summed E-state index contributed by atoms with van der Waals surface area (Å²) in [4.78, 5) is 35.4. The molecule has 0 spiro atoms. The largest absolute Gasteiger partial charge is 0.348 e. The van der Waals surface area contributed by atoms with Gasteiger partial charge in [-0.1, -0.05) is 6.07 Å². The smallest absolute Gasteiger partial charge is 0.257 e. The zero-order valence-electron chi connectivity index (χ0n) is 16.1. The minimum absolute atomic E-state index is 0.0773. The number of rotatable bonds is 5. The van der Waals surface area contributed by atoms with Gasteiger partial charge in [0.1, 0.15) is 5.65 Å². The molecule has 1 aromatic carbocycles. The first kappa shape index (κ1) is 19.3. The Bertz CT molecular complexity index is 1250. The molecule has 3 heterocycles. The van der Waals surface area contributed by atoms with Crippen molar-refractivity contribution in [1.29, 1.82) is 0 Å². The van der Waals surface area contributed by atoms with Crippen molar-refractivity contribution in [2.24, 2.45) is 4.99 Å². The topological polar surface area (TPSA) is 99.2 Å². The molecular weight excluding hydrogens is 385 g/mol. The Morgan fingerprint density at radius 2 is 2.17 bits per heavy atom. The summed E-state index contributed by atoms with van der Waals surface area (Å²) in [5.41, 5.74) is 4.47. The predicted octanol–water partition coefficient (Wildman–Crippen LogP) is 3.62. The van der Waals surface area contributed by atoms with Crippen LogP contribution < -0.4 is 10.6 Å². The van der Waals surface area contributed by atoms with Crippen LogP contribution in [0.3, 0.4) is 0 Å². The summed E-state index contributed by atoms with van der Waals surface area (Å²) in [6.45, 7) is 5.08. The summed E-state index contributed by atoms with van der Waals surface area (Å²) in [6, 6.07) is 7.32. The second-order valence-corrected chi connectivity index (χ2v) is 6.83. The third-order valence-electron chi connectivity index (χ3n) is 4.74. The Labute approximate surface area is 171 Å². The lowest BCUT2D eigenvalue weighted by atomic mass is 10.00. The summed E-state index contributed by atoms with van der Waals surface area (Å²) in [5.74, 6) is -1.00. The third kappa shape index (κ3) is 3.62. The van der Waals surface area contributed by atoms with E-state index in [1.807, 2.05) is 18.3 Å². The Morgan fingerprint density at radius 3 is 2.93 bits per heavy atom. The number of aromatic amines is 1. The number of H-pyrrole nitrogens is 1. The van der Waals surface area contributed by atoms with Gasteiger partial charge in [-0.2, -0.15) is 0 Å². The van der Waals surface area contributed by atoms with Crippen LogP contribution in [0.15, 0.2) is 65.5 Å². The zero-order valence-corrected chi connectivity index (χ0v) is 16.1. The van der Waals surface area contributed by atoms with Crippen molar-refractivity contribution in [3.8, 4) is 11.1 Å². The molecule has 0 radical (unpaired) electrons. The normalized spacial score (nSPS) is 13.9. The van der Waals surface area contributed by atoms with E-state index in [1.165, 1.54) is 19.3 Å². The van der Waals surface area contributed by atoms with Crippen LogP contribution in [0.2, 0.25) is 0 Å². The molecule has 0 atom stereocenters. The molecule has 0 fully saturated rings. The van der Waals surface area contributed by atoms with Gasteiger partial charge in [0.05, 0.1) is 17.1 Å². The Balaban J connectivity index is 1.69. The molecule has 7 nitrogen and oxygen atoms in total. The number of nitrogens with zero attached hydrogens (tertiary/aromatic N) is 2. The third-order valence-corrected chi connectivity index (χ3v) is 4.74. The van der Waals surface area contributed by atoms with Gasteiger partial charge in [0.15, 0.2) is 0 Å². The van der Waals surface area contributed by atoms with Gasteiger partial charge in [0.2, 0.25) is 0 Å². The van der Waals surface area contributed by atoms with Gasteiger partial charge >= 0.3 is 0 Å².